The van der Waals surface area contributed by atoms with Crippen LogP contribution < -0.4 is 4.74 Å². The fourth-order valence-corrected chi connectivity index (χ4v) is 3.69. The summed E-state index contributed by atoms with van der Waals surface area (Å²) >= 11 is 0.421. The van der Waals surface area contributed by atoms with Crippen LogP contribution in [0, 0.1) is 0 Å². The van der Waals surface area contributed by atoms with Crippen molar-refractivity contribution in [2.75, 3.05) is 7.11 Å². The predicted molar refractivity (Wildman–Crippen MR) is 91.7 cm³/mol. The molecule has 0 heterocycles. The molecule has 0 aromatic heterocycles. The van der Waals surface area contributed by atoms with Gasteiger partial charge in [0.05, 0.1) is 0 Å². The second-order valence-electron chi connectivity index (χ2n) is 4.92. The SMILES string of the molecule is COc1ccc(C=C=C([Se]C(C)C)c2ccccc2)cc1. The van der Waals surface area contributed by atoms with Gasteiger partial charge in [-0.2, -0.15) is 0 Å². The van der Waals surface area contributed by atoms with Crippen molar-refractivity contribution in [1.82, 2.24) is 0 Å². The normalized spacial score (nSPS) is 10.1. The first-order valence-corrected chi connectivity index (χ1v) is 8.86. The third-order valence-corrected chi connectivity index (χ3v) is 5.10. The van der Waals surface area contributed by atoms with Gasteiger partial charge in [-0.25, -0.2) is 0 Å². The molecule has 0 aliphatic carbocycles. The number of hydrogen-bond donors (Lipinski definition) is 0. The van der Waals surface area contributed by atoms with E-state index in [1.54, 1.807) is 7.11 Å². The van der Waals surface area contributed by atoms with Gasteiger partial charge in [0.25, 0.3) is 0 Å². The Bertz CT molecular complexity index is 620. The molecule has 0 fully saturated rings. The fourth-order valence-electron chi connectivity index (χ4n) is 1.86. The Labute approximate surface area is 133 Å². The molecule has 0 radical (unpaired) electrons. The zero-order valence-electron chi connectivity index (χ0n) is 12.7. The summed E-state index contributed by atoms with van der Waals surface area (Å²) in [7, 11) is 1.68. The van der Waals surface area contributed by atoms with E-state index < -0.39 is 0 Å². The first-order valence-electron chi connectivity index (χ1n) is 7.02. The van der Waals surface area contributed by atoms with Gasteiger partial charge in [-0.05, 0) is 0 Å². The Morgan fingerprint density at radius 3 is 2.29 bits per heavy atom. The Hall–Kier alpha value is -1.72. The first-order chi connectivity index (χ1) is 10.2. The van der Waals surface area contributed by atoms with Crippen LogP contribution in [0.15, 0.2) is 60.3 Å². The summed E-state index contributed by atoms with van der Waals surface area (Å²) in [5, 5.41) is 0. The molecular formula is C19H20OSe. The van der Waals surface area contributed by atoms with Gasteiger partial charge in [0.1, 0.15) is 0 Å². The summed E-state index contributed by atoms with van der Waals surface area (Å²) in [6, 6.07) is 18.6. The van der Waals surface area contributed by atoms with Crippen molar-refractivity contribution >= 4 is 25.5 Å². The van der Waals surface area contributed by atoms with Crippen molar-refractivity contribution < 1.29 is 4.74 Å². The van der Waals surface area contributed by atoms with E-state index in [2.05, 4.69) is 68.1 Å². The average Bonchev–Trinajstić information content (AvgIpc) is 2.52. The second-order valence-corrected chi connectivity index (χ2v) is 8.25. The topological polar surface area (TPSA) is 9.23 Å². The fraction of sp³-hybridized carbons (Fsp3) is 0.211. The molecule has 0 saturated carbocycles. The van der Waals surface area contributed by atoms with Crippen LogP contribution in [-0.4, -0.2) is 22.1 Å². The zero-order chi connectivity index (χ0) is 15.1. The number of hydrogen-bond acceptors (Lipinski definition) is 1. The molecule has 0 spiro atoms. The molecule has 1 nitrogen and oxygen atoms in total. The van der Waals surface area contributed by atoms with Crippen LogP contribution in [0.1, 0.15) is 25.0 Å². The van der Waals surface area contributed by atoms with Crippen molar-refractivity contribution in [3.05, 3.63) is 71.5 Å². The van der Waals surface area contributed by atoms with Crippen molar-refractivity contribution in [3.8, 4) is 5.75 Å². The van der Waals surface area contributed by atoms with Crippen LogP contribution in [0.4, 0.5) is 0 Å². The molecule has 0 amide bonds. The van der Waals surface area contributed by atoms with Gasteiger partial charge in [-0.15, -0.1) is 0 Å². The van der Waals surface area contributed by atoms with Crippen molar-refractivity contribution in [2.45, 2.75) is 18.7 Å². The van der Waals surface area contributed by atoms with Crippen LogP contribution in [-0.2, 0) is 0 Å². The predicted octanol–water partition coefficient (Wildman–Crippen LogP) is 4.88. The van der Waals surface area contributed by atoms with E-state index in [4.69, 9.17) is 4.74 Å². The molecular weight excluding hydrogens is 323 g/mol. The van der Waals surface area contributed by atoms with Crippen LogP contribution in [0.3, 0.4) is 0 Å². The Morgan fingerprint density at radius 2 is 1.71 bits per heavy atom. The van der Waals surface area contributed by atoms with E-state index in [-0.39, 0.29) is 0 Å². The van der Waals surface area contributed by atoms with Crippen molar-refractivity contribution in [1.29, 1.82) is 0 Å². The summed E-state index contributed by atoms with van der Waals surface area (Å²) < 4.78 is 6.49. The molecule has 2 rings (SSSR count). The third kappa shape index (κ3) is 4.95. The van der Waals surface area contributed by atoms with E-state index in [0.29, 0.717) is 19.8 Å². The van der Waals surface area contributed by atoms with Crippen LogP contribution in [0.2, 0.25) is 4.82 Å². The van der Waals surface area contributed by atoms with Crippen molar-refractivity contribution in [3.63, 3.8) is 0 Å². The molecule has 2 heteroatoms. The number of ether oxygens (including phenoxy) is 1. The molecule has 0 atom stereocenters. The van der Waals surface area contributed by atoms with E-state index in [0.717, 1.165) is 11.3 Å². The molecule has 21 heavy (non-hydrogen) atoms. The molecule has 2 aromatic carbocycles. The molecule has 0 bridgehead atoms. The molecule has 0 aliphatic heterocycles. The molecule has 0 unspecified atom stereocenters. The van der Waals surface area contributed by atoms with Crippen LogP contribution >= 0.6 is 0 Å². The Balaban J connectivity index is 2.32. The maximum absolute atomic E-state index is 5.18. The van der Waals surface area contributed by atoms with E-state index >= 15 is 0 Å². The number of benzene rings is 2. The summed E-state index contributed by atoms with van der Waals surface area (Å²) in [4.78, 5) is 0.671. The maximum atomic E-state index is 5.18. The minimum absolute atomic E-state index is 0.421. The molecule has 0 aliphatic rings. The Morgan fingerprint density at radius 1 is 1.05 bits per heavy atom. The summed E-state index contributed by atoms with van der Waals surface area (Å²) in [5.74, 6) is 0.880. The number of rotatable bonds is 5. The van der Waals surface area contributed by atoms with Gasteiger partial charge in [0.15, 0.2) is 0 Å². The van der Waals surface area contributed by atoms with Crippen LogP contribution in [0.5, 0.6) is 5.75 Å². The molecule has 2 aromatic rings. The first kappa shape index (κ1) is 15.7. The Kier molecular flexibility index (Phi) is 5.89. The average molecular weight is 343 g/mol. The number of methoxy groups -OCH3 is 1. The summed E-state index contributed by atoms with van der Waals surface area (Å²) in [5.41, 5.74) is 5.92. The van der Waals surface area contributed by atoms with Crippen molar-refractivity contribution in [2.24, 2.45) is 0 Å². The molecule has 108 valence electrons. The molecule has 0 saturated heterocycles. The zero-order valence-corrected chi connectivity index (χ0v) is 14.4. The van der Waals surface area contributed by atoms with E-state index in [1.807, 2.05) is 12.1 Å². The van der Waals surface area contributed by atoms with E-state index in [9.17, 15) is 0 Å². The van der Waals surface area contributed by atoms with Gasteiger partial charge in [0.2, 0.25) is 0 Å². The van der Waals surface area contributed by atoms with Gasteiger partial charge >= 0.3 is 133 Å². The van der Waals surface area contributed by atoms with Gasteiger partial charge in [-0.3, -0.25) is 0 Å². The van der Waals surface area contributed by atoms with Crippen LogP contribution in [0.25, 0.3) is 10.5 Å². The van der Waals surface area contributed by atoms with Gasteiger partial charge in [-0.1, -0.05) is 0 Å². The summed E-state index contributed by atoms with van der Waals surface area (Å²) in [6.07, 6.45) is 2.06. The standard InChI is InChI=1S/C19H20OSe/c1-15(2)21-19(17-7-5-4-6-8-17)14-11-16-9-12-18(20-3)13-10-16/h4-13,15H,1-3H3. The second kappa shape index (κ2) is 7.90. The van der Waals surface area contributed by atoms with Gasteiger partial charge in [0, 0.05) is 0 Å². The quantitative estimate of drug-likeness (QED) is 0.555. The minimum atomic E-state index is 0.421. The van der Waals surface area contributed by atoms with E-state index in [1.165, 1.54) is 10.0 Å². The molecule has 0 N–H and O–H groups in total. The van der Waals surface area contributed by atoms with Gasteiger partial charge < -0.3 is 0 Å². The third-order valence-electron chi connectivity index (χ3n) is 2.88. The monoisotopic (exact) mass is 344 g/mol. The summed E-state index contributed by atoms with van der Waals surface area (Å²) in [6.45, 7) is 4.52.